The van der Waals surface area contributed by atoms with Crippen LogP contribution in [-0.2, 0) is 0 Å². The Labute approximate surface area is 102 Å². The second kappa shape index (κ2) is 7.01. The number of hydrogen-bond acceptors (Lipinski definition) is 3. The lowest BCUT2D eigenvalue weighted by molar-refractivity contribution is -0.0236. The van der Waals surface area contributed by atoms with Crippen molar-refractivity contribution in [2.45, 2.75) is 31.8 Å². The molecule has 16 heavy (non-hydrogen) atoms. The number of nitrogens with one attached hydrogen (secondary N) is 2. The predicted octanol–water partition coefficient (Wildman–Crippen LogP) is 0.819. The smallest absolute Gasteiger partial charge is 0.191 e. The molecule has 3 N–H and O–H groups in total. The third-order valence-corrected chi connectivity index (χ3v) is 3.37. The number of guanidine groups is 1. The predicted molar refractivity (Wildman–Crippen MR) is 71.2 cm³/mol. The highest BCUT2D eigenvalue weighted by molar-refractivity contribution is 7.98. The van der Waals surface area contributed by atoms with Crippen molar-refractivity contribution in [2.24, 2.45) is 4.99 Å². The van der Waals surface area contributed by atoms with Crippen LogP contribution < -0.4 is 10.6 Å². The first-order valence-electron chi connectivity index (χ1n) is 5.94. The van der Waals surface area contributed by atoms with Gasteiger partial charge < -0.3 is 15.7 Å². The van der Waals surface area contributed by atoms with Gasteiger partial charge in [0.2, 0.25) is 0 Å². The van der Waals surface area contributed by atoms with E-state index in [1.165, 1.54) is 0 Å². The summed E-state index contributed by atoms with van der Waals surface area (Å²) in [5.41, 5.74) is -0.526. The molecule has 1 aliphatic rings. The minimum Gasteiger partial charge on any atom is -0.388 e. The Morgan fingerprint density at radius 1 is 1.44 bits per heavy atom. The third kappa shape index (κ3) is 4.61. The SMILES string of the molecule is CCNC(=NCC1(O)CCC1)NCCSC. The lowest BCUT2D eigenvalue weighted by atomic mass is 9.80. The van der Waals surface area contributed by atoms with Crippen LogP contribution in [-0.4, -0.2) is 48.3 Å². The maximum Gasteiger partial charge on any atom is 0.191 e. The van der Waals surface area contributed by atoms with E-state index in [2.05, 4.69) is 21.9 Å². The van der Waals surface area contributed by atoms with Crippen LogP contribution in [0, 0.1) is 0 Å². The summed E-state index contributed by atoms with van der Waals surface area (Å²) < 4.78 is 0. The minimum atomic E-state index is -0.526. The summed E-state index contributed by atoms with van der Waals surface area (Å²) in [4.78, 5) is 4.41. The number of aliphatic imine (C=N–C) groups is 1. The van der Waals surface area contributed by atoms with Crippen LogP contribution in [0.4, 0.5) is 0 Å². The molecule has 1 fully saturated rings. The molecular weight excluding hydrogens is 222 g/mol. The van der Waals surface area contributed by atoms with Crippen molar-refractivity contribution in [3.05, 3.63) is 0 Å². The van der Waals surface area contributed by atoms with E-state index in [0.717, 1.165) is 44.1 Å². The fourth-order valence-electron chi connectivity index (χ4n) is 1.58. The molecule has 0 radical (unpaired) electrons. The summed E-state index contributed by atoms with van der Waals surface area (Å²) in [5, 5.41) is 16.4. The number of thioether (sulfide) groups is 1. The number of nitrogens with zero attached hydrogens (tertiary/aromatic N) is 1. The largest absolute Gasteiger partial charge is 0.388 e. The van der Waals surface area contributed by atoms with E-state index in [-0.39, 0.29) is 0 Å². The van der Waals surface area contributed by atoms with Gasteiger partial charge in [-0.05, 0) is 32.4 Å². The lowest BCUT2D eigenvalue weighted by Crippen LogP contribution is -2.43. The molecule has 4 nitrogen and oxygen atoms in total. The average molecular weight is 245 g/mol. The molecule has 1 rings (SSSR count). The van der Waals surface area contributed by atoms with Crippen molar-refractivity contribution in [3.63, 3.8) is 0 Å². The Balaban J connectivity index is 2.32. The zero-order valence-corrected chi connectivity index (χ0v) is 11.1. The van der Waals surface area contributed by atoms with E-state index >= 15 is 0 Å². The molecular formula is C11H23N3OS. The Kier molecular flexibility index (Phi) is 5.98. The number of rotatable bonds is 6. The molecule has 0 aromatic heterocycles. The van der Waals surface area contributed by atoms with Crippen LogP contribution in [0.3, 0.4) is 0 Å². The van der Waals surface area contributed by atoms with Gasteiger partial charge in [-0.25, -0.2) is 0 Å². The Bertz CT molecular complexity index is 229. The molecule has 0 saturated heterocycles. The highest BCUT2D eigenvalue weighted by Gasteiger charge is 2.34. The van der Waals surface area contributed by atoms with Crippen molar-refractivity contribution < 1.29 is 5.11 Å². The normalized spacial score (nSPS) is 19.1. The van der Waals surface area contributed by atoms with E-state index in [0.29, 0.717) is 6.54 Å². The van der Waals surface area contributed by atoms with Gasteiger partial charge >= 0.3 is 0 Å². The second-order valence-electron chi connectivity index (χ2n) is 4.19. The van der Waals surface area contributed by atoms with Gasteiger partial charge in [-0.15, -0.1) is 0 Å². The van der Waals surface area contributed by atoms with Gasteiger partial charge in [0.15, 0.2) is 5.96 Å². The first kappa shape index (κ1) is 13.6. The monoisotopic (exact) mass is 245 g/mol. The zero-order valence-electron chi connectivity index (χ0n) is 10.3. The molecule has 0 unspecified atom stereocenters. The summed E-state index contributed by atoms with van der Waals surface area (Å²) in [7, 11) is 0. The van der Waals surface area contributed by atoms with Crippen molar-refractivity contribution in [1.29, 1.82) is 0 Å². The van der Waals surface area contributed by atoms with Gasteiger partial charge in [-0.3, -0.25) is 4.99 Å². The first-order valence-corrected chi connectivity index (χ1v) is 7.33. The van der Waals surface area contributed by atoms with Crippen LogP contribution in [0.2, 0.25) is 0 Å². The van der Waals surface area contributed by atoms with Crippen LogP contribution in [0.25, 0.3) is 0 Å². The van der Waals surface area contributed by atoms with Crippen molar-refractivity contribution in [1.82, 2.24) is 10.6 Å². The minimum absolute atomic E-state index is 0.515. The van der Waals surface area contributed by atoms with Crippen molar-refractivity contribution >= 4 is 17.7 Å². The molecule has 94 valence electrons. The summed E-state index contributed by atoms with van der Waals surface area (Å²) in [6, 6.07) is 0. The van der Waals surface area contributed by atoms with E-state index in [4.69, 9.17) is 0 Å². The van der Waals surface area contributed by atoms with Gasteiger partial charge in [0.25, 0.3) is 0 Å². The summed E-state index contributed by atoms with van der Waals surface area (Å²) in [6.07, 6.45) is 4.99. The second-order valence-corrected chi connectivity index (χ2v) is 5.18. The molecule has 0 aromatic rings. The lowest BCUT2D eigenvalue weighted by Gasteiger charge is -2.35. The van der Waals surface area contributed by atoms with Gasteiger partial charge in [0.1, 0.15) is 0 Å². The molecule has 0 heterocycles. The molecule has 0 amide bonds. The fraction of sp³-hybridized carbons (Fsp3) is 0.909. The van der Waals surface area contributed by atoms with Crippen LogP contribution in [0.5, 0.6) is 0 Å². The maximum atomic E-state index is 9.93. The topological polar surface area (TPSA) is 56.7 Å². The molecule has 0 bridgehead atoms. The van der Waals surface area contributed by atoms with E-state index in [1.54, 1.807) is 11.8 Å². The average Bonchev–Trinajstić information content (AvgIpc) is 2.23. The summed E-state index contributed by atoms with van der Waals surface area (Å²) in [6.45, 7) is 4.32. The van der Waals surface area contributed by atoms with Gasteiger partial charge in [-0.2, -0.15) is 11.8 Å². The fourth-order valence-corrected chi connectivity index (χ4v) is 1.89. The van der Waals surface area contributed by atoms with Crippen LogP contribution in [0.1, 0.15) is 26.2 Å². The van der Waals surface area contributed by atoms with Gasteiger partial charge in [0, 0.05) is 18.8 Å². The van der Waals surface area contributed by atoms with Crippen molar-refractivity contribution in [3.8, 4) is 0 Å². The number of hydrogen-bond donors (Lipinski definition) is 3. The summed E-state index contributed by atoms with van der Waals surface area (Å²) >= 11 is 1.81. The number of aliphatic hydroxyl groups is 1. The summed E-state index contributed by atoms with van der Waals surface area (Å²) in [5.74, 6) is 1.88. The maximum absolute atomic E-state index is 9.93. The molecule has 5 heteroatoms. The van der Waals surface area contributed by atoms with Gasteiger partial charge in [0.05, 0.1) is 12.1 Å². The van der Waals surface area contributed by atoms with Gasteiger partial charge in [-0.1, -0.05) is 0 Å². The molecule has 0 aliphatic heterocycles. The molecule has 1 saturated carbocycles. The molecule has 0 aromatic carbocycles. The standard InChI is InChI=1S/C11H23N3OS/c1-3-12-10(13-7-8-16-2)14-9-11(15)5-4-6-11/h15H,3-9H2,1-2H3,(H2,12,13,14). The third-order valence-electron chi connectivity index (χ3n) is 2.76. The first-order chi connectivity index (χ1) is 7.70. The van der Waals surface area contributed by atoms with E-state index in [1.807, 2.05) is 6.92 Å². The highest BCUT2D eigenvalue weighted by Crippen LogP contribution is 2.31. The van der Waals surface area contributed by atoms with E-state index < -0.39 is 5.60 Å². The molecule has 0 atom stereocenters. The Morgan fingerprint density at radius 3 is 2.69 bits per heavy atom. The quantitative estimate of drug-likeness (QED) is 0.368. The highest BCUT2D eigenvalue weighted by atomic mass is 32.2. The van der Waals surface area contributed by atoms with E-state index in [9.17, 15) is 5.11 Å². The molecule has 0 spiro atoms. The zero-order chi connectivity index (χ0) is 11.9. The van der Waals surface area contributed by atoms with Crippen LogP contribution >= 0.6 is 11.8 Å². The van der Waals surface area contributed by atoms with Crippen LogP contribution in [0.15, 0.2) is 4.99 Å². The molecule has 1 aliphatic carbocycles. The van der Waals surface area contributed by atoms with Crippen molar-refractivity contribution in [2.75, 3.05) is 31.6 Å². The Hall–Kier alpha value is -0.420. The Morgan fingerprint density at radius 2 is 2.19 bits per heavy atom.